The van der Waals surface area contributed by atoms with Crippen molar-refractivity contribution in [3.63, 3.8) is 0 Å². The summed E-state index contributed by atoms with van der Waals surface area (Å²) < 4.78 is 10.4. The Balaban J connectivity index is 2.19. The van der Waals surface area contributed by atoms with Crippen LogP contribution >= 0.6 is 0 Å². The Morgan fingerprint density at radius 1 is 1.19 bits per heavy atom. The van der Waals surface area contributed by atoms with Crippen molar-refractivity contribution < 1.29 is 23.9 Å². The second-order valence-corrected chi connectivity index (χ2v) is 7.14. The molecule has 7 heteroatoms. The molecule has 1 atom stereocenters. The quantitative estimate of drug-likeness (QED) is 0.768. The van der Waals surface area contributed by atoms with Gasteiger partial charge in [-0.1, -0.05) is 30.3 Å². The van der Waals surface area contributed by atoms with E-state index in [1.54, 1.807) is 27.7 Å². The Morgan fingerprint density at radius 3 is 2.42 bits per heavy atom. The molecule has 0 bridgehead atoms. The highest BCUT2D eigenvalue weighted by atomic mass is 16.6. The number of nitrogens with zero attached hydrogens (tertiary/aromatic N) is 2. The van der Waals surface area contributed by atoms with E-state index in [0.29, 0.717) is 0 Å². The summed E-state index contributed by atoms with van der Waals surface area (Å²) in [5.41, 5.74) is 0.224. The highest BCUT2D eigenvalue weighted by Gasteiger charge is 2.40. The molecule has 0 radical (unpaired) electrons. The number of benzene rings is 1. The first kappa shape index (κ1) is 19.8. The normalized spacial score (nSPS) is 17.8. The summed E-state index contributed by atoms with van der Waals surface area (Å²) in [6.07, 6.45) is -0.612. The van der Waals surface area contributed by atoms with Crippen molar-refractivity contribution in [2.75, 3.05) is 19.7 Å². The van der Waals surface area contributed by atoms with Gasteiger partial charge in [-0.15, -0.1) is 0 Å². The first-order chi connectivity index (χ1) is 12.2. The van der Waals surface area contributed by atoms with Crippen molar-refractivity contribution in [3.05, 3.63) is 35.9 Å². The summed E-state index contributed by atoms with van der Waals surface area (Å²) in [5, 5.41) is 0. The van der Waals surface area contributed by atoms with E-state index in [4.69, 9.17) is 9.47 Å². The Morgan fingerprint density at radius 2 is 1.85 bits per heavy atom. The van der Waals surface area contributed by atoms with E-state index in [1.165, 1.54) is 9.80 Å². The standard InChI is InChI=1S/C19H26N2O5/c1-5-25-17(23)15-12-20(18(24)26-19(2,3)4)13-16(22)21(15)11-14-9-7-6-8-10-14/h6-10,15H,5,11-13H2,1-4H3/t15-/m1/s1. The smallest absolute Gasteiger partial charge is 0.410 e. The Bertz CT molecular complexity index is 654. The van der Waals surface area contributed by atoms with E-state index < -0.39 is 23.7 Å². The molecule has 142 valence electrons. The number of carbonyl (C=O) groups excluding carboxylic acids is 3. The Hall–Kier alpha value is -2.57. The maximum atomic E-state index is 12.7. The van der Waals surface area contributed by atoms with Gasteiger partial charge in [-0.3, -0.25) is 9.69 Å². The van der Waals surface area contributed by atoms with Gasteiger partial charge in [0.2, 0.25) is 5.91 Å². The summed E-state index contributed by atoms with van der Waals surface area (Å²) in [7, 11) is 0. The second kappa shape index (κ2) is 8.21. The van der Waals surface area contributed by atoms with Gasteiger partial charge in [-0.05, 0) is 33.3 Å². The van der Waals surface area contributed by atoms with Crippen molar-refractivity contribution in [2.24, 2.45) is 0 Å². The van der Waals surface area contributed by atoms with E-state index in [2.05, 4.69) is 0 Å². The highest BCUT2D eigenvalue weighted by molar-refractivity contribution is 5.90. The molecular formula is C19H26N2O5. The van der Waals surface area contributed by atoms with E-state index in [9.17, 15) is 14.4 Å². The molecule has 1 aliphatic rings. The fourth-order valence-electron chi connectivity index (χ4n) is 2.68. The SMILES string of the molecule is CCOC(=O)[C@H]1CN(C(=O)OC(C)(C)C)CC(=O)N1Cc1ccccc1. The first-order valence-electron chi connectivity index (χ1n) is 8.69. The van der Waals surface area contributed by atoms with Gasteiger partial charge in [0.15, 0.2) is 0 Å². The number of rotatable bonds is 4. The minimum Gasteiger partial charge on any atom is -0.464 e. The number of hydrogen-bond donors (Lipinski definition) is 0. The molecule has 0 N–H and O–H groups in total. The zero-order valence-corrected chi connectivity index (χ0v) is 15.7. The lowest BCUT2D eigenvalue weighted by Gasteiger charge is -2.39. The molecule has 1 aromatic rings. The van der Waals surface area contributed by atoms with Crippen LogP contribution in [0.4, 0.5) is 4.79 Å². The molecule has 1 saturated heterocycles. The van der Waals surface area contributed by atoms with Crippen LogP contribution in [0.3, 0.4) is 0 Å². The van der Waals surface area contributed by atoms with Crippen LogP contribution in [0.1, 0.15) is 33.3 Å². The summed E-state index contributed by atoms with van der Waals surface area (Å²) in [6.45, 7) is 7.36. The summed E-state index contributed by atoms with van der Waals surface area (Å²) in [6, 6.07) is 8.54. The van der Waals surface area contributed by atoms with Gasteiger partial charge in [-0.25, -0.2) is 9.59 Å². The zero-order chi connectivity index (χ0) is 19.3. The number of carbonyl (C=O) groups is 3. The van der Waals surface area contributed by atoms with Crippen LogP contribution in [-0.2, 0) is 25.6 Å². The van der Waals surface area contributed by atoms with Crippen LogP contribution in [-0.4, -0.2) is 59.1 Å². The third-order valence-electron chi connectivity index (χ3n) is 3.82. The minimum absolute atomic E-state index is 0.0479. The lowest BCUT2D eigenvalue weighted by Crippen LogP contribution is -2.60. The van der Waals surface area contributed by atoms with E-state index in [0.717, 1.165) is 5.56 Å². The average Bonchev–Trinajstić information content (AvgIpc) is 2.56. The fraction of sp³-hybridized carbons (Fsp3) is 0.526. The topological polar surface area (TPSA) is 76.1 Å². The molecule has 26 heavy (non-hydrogen) atoms. The number of ether oxygens (including phenoxy) is 2. The lowest BCUT2D eigenvalue weighted by molar-refractivity contribution is -0.160. The summed E-state index contributed by atoms with van der Waals surface area (Å²) >= 11 is 0. The molecule has 0 unspecified atom stereocenters. The van der Waals surface area contributed by atoms with Crippen LogP contribution in [0, 0.1) is 0 Å². The Kier molecular flexibility index (Phi) is 6.23. The van der Waals surface area contributed by atoms with E-state index in [-0.39, 0.29) is 32.1 Å². The summed E-state index contributed by atoms with van der Waals surface area (Å²) in [5.74, 6) is -0.839. The molecule has 7 nitrogen and oxygen atoms in total. The van der Waals surface area contributed by atoms with Crippen LogP contribution in [0.15, 0.2) is 30.3 Å². The van der Waals surface area contributed by atoms with Gasteiger partial charge in [0.25, 0.3) is 0 Å². The van der Waals surface area contributed by atoms with Crippen molar-refractivity contribution in [2.45, 2.75) is 45.9 Å². The molecule has 1 fully saturated rings. The monoisotopic (exact) mass is 362 g/mol. The van der Waals surface area contributed by atoms with Crippen molar-refractivity contribution in [1.82, 2.24) is 9.80 Å². The van der Waals surface area contributed by atoms with Gasteiger partial charge >= 0.3 is 12.1 Å². The third-order valence-corrected chi connectivity index (χ3v) is 3.82. The maximum Gasteiger partial charge on any atom is 0.410 e. The summed E-state index contributed by atoms with van der Waals surface area (Å²) in [4.78, 5) is 40.1. The fourth-order valence-corrected chi connectivity index (χ4v) is 2.68. The minimum atomic E-state index is -0.857. The zero-order valence-electron chi connectivity index (χ0n) is 15.7. The largest absolute Gasteiger partial charge is 0.464 e. The predicted octanol–water partition coefficient (Wildman–Crippen LogP) is 2.20. The van der Waals surface area contributed by atoms with Crippen LogP contribution in [0.2, 0.25) is 0 Å². The number of amides is 2. The van der Waals surface area contributed by atoms with Crippen molar-refractivity contribution >= 4 is 18.0 Å². The van der Waals surface area contributed by atoms with Gasteiger partial charge < -0.3 is 14.4 Å². The number of hydrogen-bond acceptors (Lipinski definition) is 5. The van der Waals surface area contributed by atoms with Crippen molar-refractivity contribution in [1.29, 1.82) is 0 Å². The molecular weight excluding hydrogens is 336 g/mol. The molecule has 1 aliphatic heterocycles. The Labute approximate surface area is 153 Å². The van der Waals surface area contributed by atoms with Gasteiger partial charge in [0.05, 0.1) is 13.2 Å². The average molecular weight is 362 g/mol. The molecule has 1 heterocycles. The second-order valence-electron chi connectivity index (χ2n) is 7.14. The van der Waals surface area contributed by atoms with Gasteiger partial charge in [-0.2, -0.15) is 0 Å². The van der Waals surface area contributed by atoms with Crippen LogP contribution in [0.25, 0.3) is 0 Å². The molecule has 1 aromatic carbocycles. The van der Waals surface area contributed by atoms with E-state index in [1.807, 2.05) is 30.3 Å². The molecule has 0 spiro atoms. The molecule has 0 aromatic heterocycles. The van der Waals surface area contributed by atoms with Crippen LogP contribution < -0.4 is 0 Å². The van der Waals surface area contributed by atoms with Gasteiger partial charge in [0.1, 0.15) is 18.2 Å². The number of piperazine rings is 1. The molecule has 2 rings (SSSR count). The van der Waals surface area contributed by atoms with Gasteiger partial charge in [0, 0.05) is 6.54 Å². The lowest BCUT2D eigenvalue weighted by atomic mass is 10.1. The highest BCUT2D eigenvalue weighted by Crippen LogP contribution is 2.19. The number of esters is 1. The predicted molar refractivity (Wildman–Crippen MR) is 95.2 cm³/mol. The molecule has 0 aliphatic carbocycles. The first-order valence-corrected chi connectivity index (χ1v) is 8.69. The molecule has 2 amide bonds. The molecule has 0 saturated carbocycles. The van der Waals surface area contributed by atoms with Crippen LogP contribution in [0.5, 0.6) is 0 Å². The third kappa shape index (κ3) is 5.21. The van der Waals surface area contributed by atoms with E-state index >= 15 is 0 Å². The maximum absolute atomic E-state index is 12.7. The van der Waals surface area contributed by atoms with Crippen molar-refractivity contribution in [3.8, 4) is 0 Å².